The second kappa shape index (κ2) is 5.29. The van der Waals surface area contributed by atoms with Crippen LogP contribution in [-0.4, -0.2) is 10.9 Å². The molecule has 1 amide bonds. The van der Waals surface area contributed by atoms with Gasteiger partial charge in [0.05, 0.1) is 16.8 Å². The maximum Gasteiger partial charge on any atom is 0.257 e. The van der Waals surface area contributed by atoms with Crippen molar-refractivity contribution in [3.8, 4) is 0 Å². The van der Waals surface area contributed by atoms with E-state index < -0.39 is 17.5 Å². The molecule has 0 aliphatic rings. The number of H-pyrrole nitrogens is 1. The van der Waals surface area contributed by atoms with Crippen LogP contribution in [0.5, 0.6) is 0 Å². The summed E-state index contributed by atoms with van der Waals surface area (Å²) in [5, 5.41) is 3.33. The summed E-state index contributed by atoms with van der Waals surface area (Å²) in [6.07, 6.45) is 1.72. The summed E-state index contributed by atoms with van der Waals surface area (Å²) in [6, 6.07) is 8.87. The number of amides is 1. The van der Waals surface area contributed by atoms with E-state index in [0.29, 0.717) is 11.1 Å². The first-order valence-electron chi connectivity index (χ1n) is 6.08. The average molecular weight is 351 g/mol. The zero-order valence-corrected chi connectivity index (χ0v) is 12.2. The van der Waals surface area contributed by atoms with Gasteiger partial charge in [0.25, 0.3) is 5.91 Å². The lowest BCUT2D eigenvalue weighted by molar-refractivity contribution is 0.102. The molecular formula is C15H9BrF2N2O. The summed E-state index contributed by atoms with van der Waals surface area (Å²) in [6.45, 7) is 0. The van der Waals surface area contributed by atoms with E-state index in [-0.39, 0.29) is 10.2 Å². The maximum absolute atomic E-state index is 13.7. The number of carbonyl (C=O) groups excluding carboxylic acids is 1. The number of anilines is 1. The fourth-order valence-corrected chi connectivity index (χ4v) is 2.62. The van der Waals surface area contributed by atoms with Gasteiger partial charge in [0.1, 0.15) is 5.82 Å². The van der Waals surface area contributed by atoms with Crippen LogP contribution in [0.3, 0.4) is 0 Å². The van der Waals surface area contributed by atoms with Gasteiger partial charge in [-0.3, -0.25) is 4.79 Å². The number of halogens is 3. The molecule has 3 aromatic rings. The van der Waals surface area contributed by atoms with Gasteiger partial charge in [0.15, 0.2) is 5.82 Å². The number of hydrogen-bond donors (Lipinski definition) is 2. The standard InChI is InChI=1S/C15H9BrF2N2O/c16-11-6-9(17)7-12(18)14(11)20-15(21)10-3-1-2-8-4-5-19-13(8)10/h1-7,19H,(H,20,21). The fourth-order valence-electron chi connectivity index (χ4n) is 2.12. The molecule has 0 bridgehead atoms. The van der Waals surface area contributed by atoms with E-state index in [9.17, 15) is 13.6 Å². The van der Waals surface area contributed by atoms with Crippen LogP contribution in [0.2, 0.25) is 0 Å². The lowest BCUT2D eigenvalue weighted by Crippen LogP contribution is -2.14. The summed E-state index contributed by atoms with van der Waals surface area (Å²) in [4.78, 5) is 15.3. The largest absolute Gasteiger partial charge is 0.361 e. The van der Waals surface area contributed by atoms with Crippen molar-refractivity contribution in [3.63, 3.8) is 0 Å². The lowest BCUT2D eigenvalue weighted by atomic mass is 10.1. The van der Waals surface area contributed by atoms with Crippen LogP contribution < -0.4 is 5.32 Å². The molecule has 1 aromatic heterocycles. The summed E-state index contributed by atoms with van der Waals surface area (Å²) in [5.41, 5.74) is 0.951. The quantitative estimate of drug-likeness (QED) is 0.704. The van der Waals surface area contributed by atoms with Crippen LogP contribution in [0.25, 0.3) is 10.9 Å². The third-order valence-corrected chi connectivity index (χ3v) is 3.70. The van der Waals surface area contributed by atoms with Crippen LogP contribution in [0.4, 0.5) is 14.5 Å². The molecule has 3 nitrogen and oxygen atoms in total. The Balaban J connectivity index is 1.99. The zero-order chi connectivity index (χ0) is 15.0. The highest BCUT2D eigenvalue weighted by Gasteiger charge is 2.16. The van der Waals surface area contributed by atoms with E-state index in [1.807, 2.05) is 12.1 Å². The third-order valence-electron chi connectivity index (χ3n) is 3.08. The first-order chi connectivity index (χ1) is 10.1. The van der Waals surface area contributed by atoms with Crippen molar-refractivity contribution < 1.29 is 13.6 Å². The molecule has 2 N–H and O–H groups in total. The summed E-state index contributed by atoms with van der Waals surface area (Å²) < 4.78 is 26.9. The van der Waals surface area contributed by atoms with E-state index in [2.05, 4.69) is 26.2 Å². The molecule has 3 rings (SSSR count). The molecule has 0 saturated heterocycles. The first kappa shape index (κ1) is 13.8. The van der Waals surface area contributed by atoms with Crippen LogP contribution in [0.1, 0.15) is 10.4 Å². The monoisotopic (exact) mass is 350 g/mol. The highest BCUT2D eigenvalue weighted by Crippen LogP contribution is 2.28. The summed E-state index contributed by atoms with van der Waals surface area (Å²) in [7, 11) is 0. The second-order valence-electron chi connectivity index (χ2n) is 4.45. The number of aromatic nitrogens is 1. The number of carbonyl (C=O) groups is 1. The molecule has 0 aliphatic carbocycles. The van der Waals surface area contributed by atoms with Gasteiger partial charge in [0.2, 0.25) is 0 Å². The fraction of sp³-hybridized carbons (Fsp3) is 0. The number of rotatable bonds is 2. The van der Waals surface area contributed by atoms with Crippen molar-refractivity contribution in [2.75, 3.05) is 5.32 Å². The topological polar surface area (TPSA) is 44.9 Å². The molecule has 0 radical (unpaired) electrons. The molecule has 0 fully saturated rings. The Kier molecular flexibility index (Phi) is 3.47. The third kappa shape index (κ3) is 2.54. The maximum atomic E-state index is 13.7. The minimum absolute atomic E-state index is 0.0926. The van der Waals surface area contributed by atoms with E-state index >= 15 is 0 Å². The SMILES string of the molecule is O=C(Nc1c(F)cc(F)cc1Br)c1cccc2cc[nH]c12. The van der Waals surface area contributed by atoms with Gasteiger partial charge in [0, 0.05) is 22.1 Å². The average Bonchev–Trinajstić information content (AvgIpc) is 2.90. The molecule has 1 heterocycles. The highest BCUT2D eigenvalue weighted by molar-refractivity contribution is 9.10. The Bertz CT molecular complexity index is 822. The minimum atomic E-state index is -0.839. The van der Waals surface area contributed by atoms with Gasteiger partial charge < -0.3 is 10.3 Å². The molecular weight excluding hydrogens is 342 g/mol. The van der Waals surface area contributed by atoms with Crippen molar-refractivity contribution >= 4 is 38.4 Å². The Morgan fingerprint density at radius 3 is 2.76 bits per heavy atom. The number of benzene rings is 2. The Hall–Kier alpha value is -2.21. The van der Waals surface area contributed by atoms with Crippen molar-refractivity contribution in [3.05, 3.63) is 64.3 Å². The van der Waals surface area contributed by atoms with Crippen molar-refractivity contribution in [1.29, 1.82) is 0 Å². The van der Waals surface area contributed by atoms with Gasteiger partial charge in [-0.05, 0) is 34.1 Å². The van der Waals surface area contributed by atoms with Crippen molar-refractivity contribution in [2.45, 2.75) is 0 Å². The normalized spacial score (nSPS) is 10.8. The van der Waals surface area contributed by atoms with Gasteiger partial charge >= 0.3 is 0 Å². The Morgan fingerprint density at radius 1 is 1.19 bits per heavy atom. The molecule has 6 heteroatoms. The smallest absolute Gasteiger partial charge is 0.257 e. The summed E-state index contributed by atoms with van der Waals surface area (Å²) in [5.74, 6) is -2.04. The molecule has 21 heavy (non-hydrogen) atoms. The van der Waals surface area contributed by atoms with Crippen LogP contribution in [0, 0.1) is 11.6 Å². The van der Waals surface area contributed by atoms with E-state index in [1.165, 1.54) is 0 Å². The van der Waals surface area contributed by atoms with E-state index in [0.717, 1.165) is 17.5 Å². The number of hydrogen-bond acceptors (Lipinski definition) is 1. The number of para-hydroxylation sites is 1. The van der Waals surface area contributed by atoms with Crippen LogP contribution >= 0.6 is 15.9 Å². The van der Waals surface area contributed by atoms with E-state index in [4.69, 9.17) is 0 Å². The summed E-state index contributed by atoms with van der Waals surface area (Å²) >= 11 is 3.04. The highest BCUT2D eigenvalue weighted by atomic mass is 79.9. The van der Waals surface area contributed by atoms with Gasteiger partial charge in [-0.15, -0.1) is 0 Å². The molecule has 0 saturated carbocycles. The Labute approximate surface area is 127 Å². The number of nitrogens with one attached hydrogen (secondary N) is 2. The first-order valence-corrected chi connectivity index (χ1v) is 6.87. The molecule has 0 unspecified atom stereocenters. The van der Waals surface area contributed by atoms with Crippen molar-refractivity contribution in [2.24, 2.45) is 0 Å². The van der Waals surface area contributed by atoms with Crippen LogP contribution in [0.15, 0.2) is 47.1 Å². The zero-order valence-electron chi connectivity index (χ0n) is 10.6. The van der Waals surface area contributed by atoms with Crippen LogP contribution in [-0.2, 0) is 0 Å². The predicted octanol–water partition coefficient (Wildman–Crippen LogP) is 4.46. The van der Waals surface area contributed by atoms with Gasteiger partial charge in [-0.2, -0.15) is 0 Å². The Morgan fingerprint density at radius 2 is 2.00 bits per heavy atom. The molecule has 2 aromatic carbocycles. The predicted molar refractivity (Wildman–Crippen MR) is 80.3 cm³/mol. The van der Waals surface area contributed by atoms with Crippen molar-refractivity contribution in [1.82, 2.24) is 4.98 Å². The lowest BCUT2D eigenvalue weighted by Gasteiger charge is -2.09. The molecule has 106 valence electrons. The van der Waals surface area contributed by atoms with Gasteiger partial charge in [-0.25, -0.2) is 8.78 Å². The molecule has 0 spiro atoms. The van der Waals surface area contributed by atoms with Gasteiger partial charge in [-0.1, -0.05) is 12.1 Å². The minimum Gasteiger partial charge on any atom is -0.361 e. The second-order valence-corrected chi connectivity index (χ2v) is 5.30. The number of fused-ring (bicyclic) bond motifs is 1. The number of aromatic amines is 1. The molecule has 0 atom stereocenters. The van der Waals surface area contributed by atoms with E-state index in [1.54, 1.807) is 18.3 Å². The molecule has 0 aliphatic heterocycles.